The second-order valence-electron chi connectivity index (χ2n) is 4.43. The molecular weight excluding hydrogens is 234 g/mol. The molecule has 1 aromatic heterocycles. The van der Waals surface area contributed by atoms with Crippen molar-refractivity contribution in [1.29, 1.82) is 0 Å². The van der Waals surface area contributed by atoms with Crippen LogP contribution in [0.25, 0.3) is 0 Å². The van der Waals surface area contributed by atoms with Crippen LogP contribution in [0.5, 0.6) is 0 Å². The van der Waals surface area contributed by atoms with Gasteiger partial charge in [-0.1, -0.05) is 0 Å². The minimum absolute atomic E-state index is 0.0931. The molecule has 0 saturated heterocycles. The Bertz CT molecular complexity index is 374. The zero-order chi connectivity index (χ0) is 12.8. The third kappa shape index (κ3) is 5.28. The molecule has 0 aliphatic heterocycles. The van der Waals surface area contributed by atoms with Gasteiger partial charge >= 0.3 is 0 Å². The van der Waals surface area contributed by atoms with Crippen LogP contribution in [0.1, 0.15) is 22.0 Å². The fraction of sp³-hybridized carbons (Fsp3) is 0.667. The Morgan fingerprint density at radius 1 is 1.41 bits per heavy atom. The molecule has 1 aromatic rings. The smallest absolute Gasteiger partial charge is 0.225 e. The van der Waals surface area contributed by atoms with E-state index in [-0.39, 0.29) is 5.91 Å². The number of nitrogens with one attached hydrogen (secondary N) is 1. The van der Waals surface area contributed by atoms with Gasteiger partial charge in [-0.15, -0.1) is 11.3 Å². The van der Waals surface area contributed by atoms with Gasteiger partial charge in [0.25, 0.3) is 0 Å². The van der Waals surface area contributed by atoms with Crippen molar-refractivity contribution >= 4 is 17.2 Å². The predicted molar refractivity (Wildman–Crippen MR) is 71.5 cm³/mol. The van der Waals surface area contributed by atoms with E-state index in [4.69, 9.17) is 0 Å². The molecule has 4 nitrogen and oxygen atoms in total. The average molecular weight is 255 g/mol. The summed E-state index contributed by atoms with van der Waals surface area (Å²) in [6.07, 6.45) is 1.44. The van der Waals surface area contributed by atoms with Crippen LogP contribution in [-0.2, 0) is 11.2 Å². The van der Waals surface area contributed by atoms with E-state index in [1.807, 2.05) is 27.9 Å². The van der Waals surface area contributed by atoms with Crippen LogP contribution in [-0.4, -0.2) is 43.0 Å². The van der Waals surface area contributed by atoms with Gasteiger partial charge in [-0.25, -0.2) is 4.98 Å². The van der Waals surface area contributed by atoms with Crippen LogP contribution in [0.15, 0.2) is 0 Å². The van der Waals surface area contributed by atoms with Crippen molar-refractivity contribution in [2.75, 3.05) is 27.2 Å². The highest BCUT2D eigenvalue weighted by molar-refractivity contribution is 7.11. The normalized spacial score (nSPS) is 10.9. The van der Waals surface area contributed by atoms with Gasteiger partial charge in [-0.3, -0.25) is 4.79 Å². The minimum atomic E-state index is 0.0931. The van der Waals surface area contributed by atoms with Crippen molar-refractivity contribution in [3.63, 3.8) is 0 Å². The first-order valence-corrected chi connectivity index (χ1v) is 6.65. The number of amides is 1. The van der Waals surface area contributed by atoms with Crippen LogP contribution in [0.4, 0.5) is 0 Å². The van der Waals surface area contributed by atoms with E-state index in [0.717, 1.165) is 35.1 Å². The Labute approximate surface area is 107 Å². The summed E-state index contributed by atoms with van der Waals surface area (Å²) in [6.45, 7) is 5.67. The lowest BCUT2D eigenvalue weighted by molar-refractivity contribution is -0.120. The number of hydrogen-bond donors (Lipinski definition) is 1. The molecule has 0 unspecified atom stereocenters. The average Bonchev–Trinajstić information content (AvgIpc) is 2.52. The molecule has 0 saturated carbocycles. The first-order chi connectivity index (χ1) is 7.99. The second-order valence-corrected chi connectivity index (χ2v) is 5.71. The van der Waals surface area contributed by atoms with Crippen LogP contribution < -0.4 is 5.32 Å². The number of aromatic nitrogens is 1. The molecule has 0 bridgehead atoms. The maximum absolute atomic E-state index is 11.7. The van der Waals surface area contributed by atoms with Crippen molar-refractivity contribution in [1.82, 2.24) is 15.2 Å². The number of carbonyl (C=O) groups is 1. The van der Waals surface area contributed by atoms with Crippen LogP contribution in [0.3, 0.4) is 0 Å². The number of rotatable bonds is 6. The van der Waals surface area contributed by atoms with Gasteiger partial charge in [0.05, 0.1) is 17.1 Å². The molecule has 1 N–H and O–H groups in total. The molecule has 5 heteroatoms. The fourth-order valence-electron chi connectivity index (χ4n) is 1.57. The Morgan fingerprint density at radius 3 is 2.65 bits per heavy atom. The molecule has 17 heavy (non-hydrogen) atoms. The molecule has 0 aliphatic carbocycles. The summed E-state index contributed by atoms with van der Waals surface area (Å²) in [6, 6.07) is 0. The van der Waals surface area contributed by atoms with E-state index in [0.29, 0.717) is 6.42 Å². The minimum Gasteiger partial charge on any atom is -0.356 e. The number of nitrogens with zero attached hydrogens (tertiary/aromatic N) is 2. The van der Waals surface area contributed by atoms with E-state index < -0.39 is 0 Å². The highest BCUT2D eigenvalue weighted by atomic mass is 32.1. The quantitative estimate of drug-likeness (QED) is 0.781. The number of carbonyl (C=O) groups excluding carboxylic acids is 1. The van der Waals surface area contributed by atoms with Gasteiger partial charge in [0.2, 0.25) is 5.91 Å². The summed E-state index contributed by atoms with van der Waals surface area (Å²) in [5.41, 5.74) is 0.982. The molecule has 1 amide bonds. The molecule has 0 fully saturated rings. The summed E-state index contributed by atoms with van der Waals surface area (Å²) in [7, 11) is 4.07. The Morgan fingerprint density at radius 2 is 2.12 bits per heavy atom. The molecule has 1 rings (SSSR count). The van der Waals surface area contributed by atoms with Gasteiger partial charge < -0.3 is 10.2 Å². The predicted octanol–water partition coefficient (Wildman–Crippen LogP) is 1.37. The number of hydrogen-bond acceptors (Lipinski definition) is 4. The van der Waals surface area contributed by atoms with Gasteiger partial charge in [0.15, 0.2) is 0 Å². The lowest BCUT2D eigenvalue weighted by Gasteiger charge is -2.09. The maximum Gasteiger partial charge on any atom is 0.225 e. The third-order valence-electron chi connectivity index (χ3n) is 2.42. The first kappa shape index (κ1) is 14.1. The standard InChI is InChI=1S/C12H21N3OS/c1-9-11(17-10(2)14-9)8-12(16)13-6-5-7-15(3)4/h5-8H2,1-4H3,(H,13,16). The van der Waals surface area contributed by atoms with E-state index in [9.17, 15) is 4.79 Å². The summed E-state index contributed by atoms with van der Waals surface area (Å²) in [5, 5.41) is 3.96. The molecule has 0 aromatic carbocycles. The fourth-order valence-corrected chi connectivity index (χ4v) is 2.50. The van der Waals surface area contributed by atoms with Crippen molar-refractivity contribution in [3.05, 3.63) is 15.6 Å². The molecule has 0 atom stereocenters. The highest BCUT2D eigenvalue weighted by Crippen LogP contribution is 2.17. The zero-order valence-corrected chi connectivity index (χ0v) is 11.9. The van der Waals surface area contributed by atoms with Gasteiger partial charge in [0, 0.05) is 11.4 Å². The van der Waals surface area contributed by atoms with Crippen LogP contribution >= 0.6 is 11.3 Å². The monoisotopic (exact) mass is 255 g/mol. The molecule has 1 heterocycles. The zero-order valence-electron chi connectivity index (χ0n) is 11.0. The summed E-state index contributed by atoms with van der Waals surface area (Å²) in [5.74, 6) is 0.0931. The SMILES string of the molecule is Cc1nc(C)c(CC(=O)NCCCN(C)C)s1. The maximum atomic E-state index is 11.7. The highest BCUT2D eigenvalue weighted by Gasteiger charge is 2.09. The van der Waals surface area contributed by atoms with Crippen LogP contribution in [0, 0.1) is 13.8 Å². The van der Waals surface area contributed by atoms with Crippen molar-refractivity contribution in [2.45, 2.75) is 26.7 Å². The Kier molecular flexibility index (Phi) is 5.58. The largest absolute Gasteiger partial charge is 0.356 e. The molecule has 0 aliphatic rings. The molecule has 0 spiro atoms. The molecular formula is C12H21N3OS. The van der Waals surface area contributed by atoms with E-state index >= 15 is 0 Å². The second kappa shape index (κ2) is 6.71. The topological polar surface area (TPSA) is 45.2 Å². The van der Waals surface area contributed by atoms with Gasteiger partial charge in [-0.2, -0.15) is 0 Å². The van der Waals surface area contributed by atoms with E-state index in [2.05, 4.69) is 15.2 Å². The lowest BCUT2D eigenvalue weighted by Crippen LogP contribution is -2.28. The van der Waals surface area contributed by atoms with Crippen LogP contribution in [0.2, 0.25) is 0 Å². The van der Waals surface area contributed by atoms with Crippen molar-refractivity contribution in [3.8, 4) is 0 Å². The van der Waals surface area contributed by atoms with Crippen molar-refractivity contribution in [2.24, 2.45) is 0 Å². The van der Waals surface area contributed by atoms with Gasteiger partial charge in [-0.05, 0) is 40.9 Å². The summed E-state index contributed by atoms with van der Waals surface area (Å²) < 4.78 is 0. The lowest BCUT2D eigenvalue weighted by atomic mass is 10.3. The van der Waals surface area contributed by atoms with E-state index in [1.165, 1.54) is 0 Å². The van der Waals surface area contributed by atoms with Gasteiger partial charge in [0.1, 0.15) is 0 Å². The molecule has 96 valence electrons. The molecule has 0 radical (unpaired) electrons. The van der Waals surface area contributed by atoms with E-state index in [1.54, 1.807) is 11.3 Å². The Hall–Kier alpha value is -0.940. The third-order valence-corrected chi connectivity index (χ3v) is 3.50. The van der Waals surface area contributed by atoms with Crippen molar-refractivity contribution < 1.29 is 4.79 Å². The number of aryl methyl sites for hydroxylation is 2. The summed E-state index contributed by atoms with van der Waals surface area (Å²) >= 11 is 1.61. The summed E-state index contributed by atoms with van der Waals surface area (Å²) in [4.78, 5) is 19.2. The first-order valence-electron chi connectivity index (χ1n) is 5.83. The number of thiazole rings is 1. The Balaban J connectivity index is 2.28.